The fourth-order valence-electron chi connectivity index (χ4n) is 2.40. The lowest BCUT2D eigenvalue weighted by molar-refractivity contribution is -0.125. The Bertz CT molecular complexity index is 697. The molecule has 2 rings (SSSR count). The maximum atomic E-state index is 12.3. The SMILES string of the molecule is CC(C=Cc1ccccc1)c1ccc(N(C)C(=O)C(C)(C)C)cn1. The summed E-state index contributed by atoms with van der Waals surface area (Å²) < 4.78 is 0. The van der Waals surface area contributed by atoms with Crippen LogP contribution in [0.5, 0.6) is 0 Å². The van der Waals surface area contributed by atoms with Gasteiger partial charge in [-0.2, -0.15) is 0 Å². The average Bonchev–Trinajstić information content (AvgIpc) is 2.58. The van der Waals surface area contributed by atoms with Crippen molar-refractivity contribution >= 4 is 17.7 Å². The normalized spacial score (nSPS) is 13.0. The van der Waals surface area contributed by atoms with Crippen LogP contribution in [0.15, 0.2) is 54.7 Å². The molecule has 1 aromatic carbocycles. The first kappa shape index (κ1) is 17.9. The van der Waals surface area contributed by atoms with Crippen molar-refractivity contribution in [2.45, 2.75) is 33.6 Å². The van der Waals surface area contributed by atoms with Crippen molar-refractivity contribution in [2.24, 2.45) is 5.41 Å². The number of benzene rings is 1. The molecule has 2 aromatic rings. The zero-order chi connectivity index (χ0) is 17.7. The maximum Gasteiger partial charge on any atom is 0.232 e. The number of hydrogen-bond donors (Lipinski definition) is 0. The zero-order valence-corrected chi connectivity index (χ0v) is 15.2. The number of hydrogen-bond acceptors (Lipinski definition) is 2. The molecule has 126 valence electrons. The van der Waals surface area contributed by atoms with Gasteiger partial charge in [0.2, 0.25) is 5.91 Å². The Morgan fingerprint density at radius 3 is 2.33 bits per heavy atom. The molecule has 0 spiro atoms. The van der Waals surface area contributed by atoms with E-state index in [0.29, 0.717) is 0 Å². The van der Waals surface area contributed by atoms with Crippen LogP contribution in [0.2, 0.25) is 0 Å². The van der Waals surface area contributed by atoms with E-state index in [4.69, 9.17) is 0 Å². The average molecular weight is 322 g/mol. The topological polar surface area (TPSA) is 33.2 Å². The van der Waals surface area contributed by atoms with Crippen LogP contribution in [-0.2, 0) is 4.79 Å². The first-order valence-electron chi connectivity index (χ1n) is 8.26. The molecule has 24 heavy (non-hydrogen) atoms. The highest BCUT2D eigenvalue weighted by molar-refractivity contribution is 5.96. The molecule has 1 heterocycles. The summed E-state index contributed by atoms with van der Waals surface area (Å²) in [6, 6.07) is 14.2. The minimum atomic E-state index is -0.404. The summed E-state index contributed by atoms with van der Waals surface area (Å²) in [5.74, 6) is 0.289. The highest BCUT2D eigenvalue weighted by atomic mass is 16.2. The first-order valence-corrected chi connectivity index (χ1v) is 8.26. The highest BCUT2D eigenvalue weighted by Gasteiger charge is 2.25. The van der Waals surface area contributed by atoms with E-state index < -0.39 is 5.41 Å². The Balaban J connectivity index is 2.09. The van der Waals surface area contributed by atoms with Gasteiger partial charge < -0.3 is 4.90 Å². The van der Waals surface area contributed by atoms with Crippen LogP contribution >= 0.6 is 0 Å². The molecule has 0 bridgehead atoms. The van der Waals surface area contributed by atoms with E-state index in [1.165, 1.54) is 5.56 Å². The van der Waals surface area contributed by atoms with Crippen LogP contribution in [0, 0.1) is 5.41 Å². The van der Waals surface area contributed by atoms with Gasteiger partial charge in [-0.1, -0.05) is 70.2 Å². The number of carbonyl (C=O) groups excluding carboxylic acids is 1. The predicted octanol–water partition coefficient (Wildman–Crippen LogP) is 4.91. The molecule has 0 saturated heterocycles. The summed E-state index contributed by atoms with van der Waals surface area (Å²) in [6.45, 7) is 7.88. The Morgan fingerprint density at radius 1 is 1.12 bits per heavy atom. The van der Waals surface area contributed by atoms with Gasteiger partial charge in [-0.3, -0.25) is 9.78 Å². The predicted molar refractivity (Wildman–Crippen MR) is 101 cm³/mol. The van der Waals surface area contributed by atoms with Crippen molar-refractivity contribution in [3.8, 4) is 0 Å². The largest absolute Gasteiger partial charge is 0.314 e. The van der Waals surface area contributed by atoms with Gasteiger partial charge in [0.25, 0.3) is 0 Å². The van der Waals surface area contributed by atoms with E-state index >= 15 is 0 Å². The van der Waals surface area contributed by atoms with Gasteiger partial charge in [0.15, 0.2) is 0 Å². The molecular formula is C21H26N2O. The third-order valence-corrected chi connectivity index (χ3v) is 3.95. The van der Waals surface area contributed by atoms with Gasteiger partial charge in [0.1, 0.15) is 0 Å². The summed E-state index contributed by atoms with van der Waals surface area (Å²) in [5, 5.41) is 0. The lowest BCUT2D eigenvalue weighted by atomic mass is 9.95. The number of pyridine rings is 1. The van der Waals surface area contributed by atoms with Crippen LogP contribution in [0.1, 0.15) is 44.9 Å². The van der Waals surface area contributed by atoms with E-state index in [1.807, 2.05) is 51.1 Å². The second kappa shape index (κ2) is 7.43. The standard InChI is InChI=1S/C21H26N2O/c1-16(11-12-17-9-7-6-8-10-17)19-14-13-18(15-22-19)23(5)20(24)21(2,3)4/h6-16H,1-5H3. The maximum absolute atomic E-state index is 12.3. The van der Waals surface area contributed by atoms with Gasteiger partial charge in [-0.15, -0.1) is 0 Å². The number of carbonyl (C=O) groups is 1. The summed E-state index contributed by atoms with van der Waals surface area (Å²) in [6.07, 6.45) is 6.02. The van der Waals surface area contributed by atoms with E-state index in [-0.39, 0.29) is 11.8 Å². The molecule has 0 fully saturated rings. The molecule has 1 atom stereocenters. The van der Waals surface area contributed by atoms with Crippen LogP contribution in [0.3, 0.4) is 0 Å². The Kier molecular flexibility index (Phi) is 5.55. The molecule has 0 aliphatic carbocycles. The minimum Gasteiger partial charge on any atom is -0.314 e. The molecule has 0 N–H and O–H groups in total. The Labute approximate surface area is 145 Å². The van der Waals surface area contributed by atoms with Crippen molar-refractivity contribution in [2.75, 3.05) is 11.9 Å². The van der Waals surface area contributed by atoms with Crippen molar-refractivity contribution < 1.29 is 4.79 Å². The molecule has 0 saturated carbocycles. The minimum absolute atomic E-state index is 0.0778. The fraction of sp³-hybridized carbons (Fsp3) is 0.333. The van der Waals surface area contributed by atoms with Gasteiger partial charge in [0, 0.05) is 24.1 Å². The fourth-order valence-corrected chi connectivity index (χ4v) is 2.40. The lowest BCUT2D eigenvalue weighted by Crippen LogP contribution is -2.36. The number of allylic oxidation sites excluding steroid dienone is 1. The van der Waals surface area contributed by atoms with Crippen LogP contribution in [0.25, 0.3) is 6.08 Å². The number of rotatable bonds is 4. The number of amides is 1. The Hall–Kier alpha value is -2.42. The molecule has 0 aliphatic heterocycles. The quantitative estimate of drug-likeness (QED) is 0.801. The molecule has 0 aliphatic rings. The van der Waals surface area contributed by atoms with Gasteiger partial charge in [-0.25, -0.2) is 0 Å². The van der Waals surface area contributed by atoms with E-state index in [9.17, 15) is 4.79 Å². The van der Waals surface area contributed by atoms with E-state index in [1.54, 1.807) is 18.1 Å². The first-order chi connectivity index (χ1) is 11.3. The number of anilines is 1. The molecule has 1 aromatic heterocycles. The van der Waals surface area contributed by atoms with Crippen molar-refractivity contribution in [1.29, 1.82) is 0 Å². The van der Waals surface area contributed by atoms with Crippen molar-refractivity contribution in [1.82, 2.24) is 4.98 Å². The smallest absolute Gasteiger partial charge is 0.232 e. The van der Waals surface area contributed by atoms with Crippen molar-refractivity contribution in [3.63, 3.8) is 0 Å². The molecule has 3 heteroatoms. The third kappa shape index (κ3) is 4.54. The van der Waals surface area contributed by atoms with Gasteiger partial charge >= 0.3 is 0 Å². The summed E-state index contributed by atoms with van der Waals surface area (Å²) in [7, 11) is 1.79. The summed E-state index contributed by atoms with van der Waals surface area (Å²) >= 11 is 0. The number of aromatic nitrogens is 1. The molecular weight excluding hydrogens is 296 g/mol. The van der Waals surface area contributed by atoms with E-state index in [2.05, 4.69) is 36.2 Å². The highest BCUT2D eigenvalue weighted by Crippen LogP contribution is 2.23. The van der Waals surface area contributed by atoms with Crippen LogP contribution in [-0.4, -0.2) is 17.9 Å². The molecule has 1 unspecified atom stereocenters. The summed E-state index contributed by atoms with van der Waals surface area (Å²) in [5.41, 5.74) is 2.58. The van der Waals surface area contributed by atoms with E-state index in [0.717, 1.165) is 11.4 Å². The van der Waals surface area contributed by atoms with Crippen LogP contribution < -0.4 is 4.90 Å². The third-order valence-electron chi connectivity index (χ3n) is 3.95. The number of nitrogens with zero attached hydrogens (tertiary/aromatic N) is 2. The van der Waals surface area contributed by atoms with Gasteiger partial charge in [-0.05, 0) is 17.7 Å². The summed E-state index contributed by atoms with van der Waals surface area (Å²) in [4.78, 5) is 18.5. The Morgan fingerprint density at radius 2 is 1.79 bits per heavy atom. The second-order valence-electron chi connectivity index (χ2n) is 7.11. The van der Waals surface area contributed by atoms with Gasteiger partial charge in [0.05, 0.1) is 11.9 Å². The lowest BCUT2D eigenvalue weighted by Gasteiger charge is -2.26. The molecule has 3 nitrogen and oxygen atoms in total. The monoisotopic (exact) mass is 322 g/mol. The zero-order valence-electron chi connectivity index (χ0n) is 15.2. The second-order valence-corrected chi connectivity index (χ2v) is 7.11. The molecule has 0 radical (unpaired) electrons. The molecule has 1 amide bonds. The van der Waals surface area contributed by atoms with Crippen molar-refractivity contribution in [3.05, 3.63) is 66.0 Å². The van der Waals surface area contributed by atoms with Crippen LogP contribution in [0.4, 0.5) is 5.69 Å².